The zero-order valence-corrected chi connectivity index (χ0v) is 10.7. The Bertz CT molecular complexity index is 402. The van der Waals surface area contributed by atoms with Crippen LogP contribution in [0.25, 0.3) is 0 Å². The van der Waals surface area contributed by atoms with Crippen molar-refractivity contribution < 1.29 is 18.0 Å². The van der Waals surface area contributed by atoms with E-state index in [-0.39, 0.29) is 9.72 Å². The minimum Gasteiger partial charge on any atom is -0.281 e. The van der Waals surface area contributed by atoms with Gasteiger partial charge in [0.1, 0.15) is 4.88 Å². The van der Waals surface area contributed by atoms with Gasteiger partial charge in [-0.05, 0) is 0 Å². The molecule has 0 atom stereocenters. The molecule has 2 nitrogen and oxygen atoms in total. The molecule has 0 spiro atoms. The first-order valence-electron chi connectivity index (χ1n) is 4.16. The number of aromatic nitrogens is 1. The highest BCUT2D eigenvalue weighted by molar-refractivity contribution is 8.14. The molecule has 0 bridgehead atoms. The maximum absolute atomic E-state index is 12.5. The highest BCUT2D eigenvalue weighted by atomic mass is 35.5. The lowest BCUT2D eigenvalue weighted by atomic mass is 10.4. The van der Waals surface area contributed by atoms with E-state index in [1.54, 1.807) is 13.8 Å². The molecule has 0 unspecified atom stereocenters. The molecule has 0 fully saturated rings. The van der Waals surface area contributed by atoms with Crippen LogP contribution < -0.4 is 0 Å². The quantitative estimate of drug-likeness (QED) is 0.821. The van der Waals surface area contributed by atoms with E-state index in [2.05, 4.69) is 4.98 Å². The van der Waals surface area contributed by atoms with Crippen molar-refractivity contribution in [2.75, 3.05) is 0 Å². The summed E-state index contributed by atoms with van der Waals surface area (Å²) in [6.45, 7) is 3.44. The molecule has 16 heavy (non-hydrogen) atoms. The Balaban J connectivity index is 3.09. The first kappa shape index (κ1) is 13.8. The van der Waals surface area contributed by atoms with Gasteiger partial charge in [-0.2, -0.15) is 13.2 Å². The monoisotopic (exact) mass is 289 g/mol. The minimum atomic E-state index is -4.65. The molecule has 1 aromatic heterocycles. The molecule has 0 aliphatic rings. The summed E-state index contributed by atoms with van der Waals surface area (Å²) in [7, 11) is 0. The van der Waals surface area contributed by atoms with Crippen LogP contribution in [0.4, 0.5) is 13.2 Å². The third-order valence-corrected chi connectivity index (χ3v) is 3.58. The molecular weight excluding hydrogens is 283 g/mol. The van der Waals surface area contributed by atoms with E-state index in [1.807, 2.05) is 0 Å². The summed E-state index contributed by atoms with van der Waals surface area (Å²) in [6.07, 6.45) is -4.65. The number of carbonyl (C=O) groups excluding carboxylic acids is 1. The van der Waals surface area contributed by atoms with Gasteiger partial charge in [0.25, 0.3) is 0 Å². The van der Waals surface area contributed by atoms with Gasteiger partial charge in [-0.15, -0.1) is 0 Å². The van der Waals surface area contributed by atoms with Gasteiger partial charge < -0.3 is 0 Å². The molecule has 0 aliphatic carbocycles. The third-order valence-electron chi connectivity index (χ3n) is 1.40. The Morgan fingerprint density at radius 3 is 2.50 bits per heavy atom. The van der Waals surface area contributed by atoms with Crippen LogP contribution in [0.2, 0.25) is 4.47 Å². The molecule has 90 valence electrons. The van der Waals surface area contributed by atoms with Crippen molar-refractivity contribution in [1.29, 1.82) is 0 Å². The van der Waals surface area contributed by atoms with Crippen molar-refractivity contribution in [2.45, 2.75) is 25.3 Å². The molecule has 0 saturated carbocycles. The number of carbonyl (C=O) groups is 1. The highest BCUT2D eigenvalue weighted by Crippen LogP contribution is 2.38. The summed E-state index contributed by atoms with van der Waals surface area (Å²) in [5.74, 6) is 0. The van der Waals surface area contributed by atoms with E-state index in [0.29, 0.717) is 11.3 Å². The highest BCUT2D eigenvalue weighted by Gasteiger charge is 2.39. The third kappa shape index (κ3) is 3.36. The molecule has 0 amide bonds. The molecule has 8 heteroatoms. The Morgan fingerprint density at radius 2 is 2.06 bits per heavy atom. The number of thiazole rings is 1. The van der Waals surface area contributed by atoms with E-state index in [1.165, 1.54) is 0 Å². The number of nitrogens with zero attached hydrogens (tertiary/aromatic N) is 1. The normalized spacial score (nSPS) is 12.2. The van der Waals surface area contributed by atoms with Gasteiger partial charge in [-0.1, -0.05) is 48.5 Å². The number of halogens is 4. The summed E-state index contributed by atoms with van der Waals surface area (Å²) < 4.78 is 37.2. The van der Waals surface area contributed by atoms with E-state index < -0.39 is 21.9 Å². The molecular formula is C8H7ClF3NOS2. The number of alkyl halides is 3. The largest absolute Gasteiger partial charge is 0.435 e. The van der Waals surface area contributed by atoms with Crippen molar-refractivity contribution >= 4 is 39.8 Å². The second-order valence-corrected chi connectivity index (χ2v) is 6.23. The van der Waals surface area contributed by atoms with Crippen molar-refractivity contribution in [1.82, 2.24) is 4.98 Å². The molecule has 0 aliphatic heterocycles. The molecule has 1 aromatic rings. The number of thioether (sulfide) groups is 1. The molecule has 0 N–H and O–H groups in total. The van der Waals surface area contributed by atoms with E-state index in [0.717, 1.165) is 11.8 Å². The Hall–Kier alpha value is -0.270. The fraction of sp³-hybridized carbons (Fsp3) is 0.500. The Morgan fingerprint density at radius 1 is 1.50 bits per heavy atom. The topological polar surface area (TPSA) is 30.0 Å². The smallest absolute Gasteiger partial charge is 0.281 e. The Kier molecular flexibility index (Phi) is 4.25. The summed E-state index contributed by atoms with van der Waals surface area (Å²) in [5, 5.41) is -0.735. The average Bonchev–Trinajstić information content (AvgIpc) is 2.45. The first-order valence-corrected chi connectivity index (χ1v) is 6.23. The second-order valence-electron chi connectivity index (χ2n) is 3.10. The van der Waals surface area contributed by atoms with Crippen molar-refractivity contribution in [3.8, 4) is 0 Å². The zero-order valence-electron chi connectivity index (χ0n) is 8.26. The minimum absolute atomic E-state index is 0.0885. The van der Waals surface area contributed by atoms with Gasteiger partial charge in [0.05, 0.1) is 0 Å². The molecule has 0 saturated heterocycles. The van der Waals surface area contributed by atoms with Gasteiger partial charge in [0, 0.05) is 5.25 Å². The van der Waals surface area contributed by atoms with Gasteiger partial charge >= 0.3 is 6.18 Å². The molecule has 1 rings (SSSR count). The van der Waals surface area contributed by atoms with Gasteiger partial charge in [-0.25, -0.2) is 4.98 Å². The molecule has 1 heterocycles. The summed E-state index contributed by atoms with van der Waals surface area (Å²) >= 11 is 6.78. The average molecular weight is 290 g/mol. The van der Waals surface area contributed by atoms with Crippen molar-refractivity contribution in [2.24, 2.45) is 0 Å². The van der Waals surface area contributed by atoms with Crippen LogP contribution >= 0.6 is 34.7 Å². The lowest BCUT2D eigenvalue weighted by Gasteiger charge is -2.06. The van der Waals surface area contributed by atoms with Crippen LogP contribution in [0.1, 0.15) is 29.2 Å². The lowest BCUT2D eigenvalue weighted by Crippen LogP contribution is -2.11. The predicted molar refractivity (Wildman–Crippen MR) is 59.2 cm³/mol. The van der Waals surface area contributed by atoms with E-state index >= 15 is 0 Å². The fourth-order valence-electron chi connectivity index (χ4n) is 0.892. The molecule has 0 aromatic carbocycles. The maximum Gasteiger partial charge on any atom is 0.435 e. The predicted octanol–water partition coefficient (Wildman–Crippen LogP) is 4.10. The maximum atomic E-state index is 12.5. The number of hydrogen-bond acceptors (Lipinski definition) is 4. The van der Waals surface area contributed by atoms with Gasteiger partial charge in [0.15, 0.2) is 10.2 Å². The summed E-state index contributed by atoms with van der Waals surface area (Å²) in [4.78, 5) is 14.2. The van der Waals surface area contributed by atoms with Crippen LogP contribution in [0.15, 0.2) is 0 Å². The summed E-state index contributed by atoms with van der Waals surface area (Å²) in [5.41, 5.74) is -1.19. The first-order chi connectivity index (χ1) is 7.21. The van der Waals surface area contributed by atoms with Crippen LogP contribution in [0.3, 0.4) is 0 Å². The zero-order chi connectivity index (χ0) is 12.5. The standard InChI is InChI=1S/C8H7ClF3NOS2/c1-3(2)15-6(14)4-5(8(10,11)12)13-7(9)16-4/h3H,1-2H3. The lowest BCUT2D eigenvalue weighted by molar-refractivity contribution is -0.141. The SMILES string of the molecule is CC(C)SC(=O)c1sc(Cl)nc1C(F)(F)F. The fourth-order valence-corrected chi connectivity index (χ4v) is 2.76. The van der Waals surface area contributed by atoms with Crippen molar-refractivity contribution in [3.63, 3.8) is 0 Å². The van der Waals surface area contributed by atoms with Crippen LogP contribution in [-0.4, -0.2) is 15.3 Å². The number of hydrogen-bond donors (Lipinski definition) is 0. The number of rotatable bonds is 2. The second kappa shape index (κ2) is 4.93. The van der Waals surface area contributed by atoms with Gasteiger partial charge in [0.2, 0.25) is 5.12 Å². The van der Waals surface area contributed by atoms with Crippen LogP contribution in [0.5, 0.6) is 0 Å². The van der Waals surface area contributed by atoms with Crippen molar-refractivity contribution in [3.05, 3.63) is 15.0 Å². The van der Waals surface area contributed by atoms with Crippen LogP contribution in [-0.2, 0) is 6.18 Å². The van der Waals surface area contributed by atoms with Crippen LogP contribution in [0, 0.1) is 0 Å². The van der Waals surface area contributed by atoms with Gasteiger partial charge in [-0.3, -0.25) is 4.79 Å². The van der Waals surface area contributed by atoms with E-state index in [9.17, 15) is 18.0 Å². The van der Waals surface area contributed by atoms with E-state index in [4.69, 9.17) is 11.6 Å². The molecule has 0 radical (unpaired) electrons. The Labute approximate surface area is 103 Å². The summed E-state index contributed by atoms with van der Waals surface area (Å²) in [6, 6.07) is 0.